The van der Waals surface area contributed by atoms with Crippen molar-refractivity contribution in [3.63, 3.8) is 0 Å². The molecule has 0 aromatic heterocycles. The predicted molar refractivity (Wildman–Crippen MR) is 86.7 cm³/mol. The third-order valence-electron chi connectivity index (χ3n) is 4.73. The van der Waals surface area contributed by atoms with Crippen molar-refractivity contribution in [1.82, 2.24) is 5.32 Å². The summed E-state index contributed by atoms with van der Waals surface area (Å²) < 4.78 is 11.6. The molecule has 1 aromatic carbocycles. The number of benzene rings is 1. The lowest BCUT2D eigenvalue weighted by molar-refractivity contribution is -0.111. The number of methoxy groups -OCH3 is 1. The molecule has 1 aromatic rings. The summed E-state index contributed by atoms with van der Waals surface area (Å²) in [5, 5.41) is 3.71. The molecule has 0 bridgehead atoms. The first kappa shape index (κ1) is 16.5. The fourth-order valence-corrected chi connectivity index (χ4v) is 3.17. The van der Waals surface area contributed by atoms with Crippen molar-refractivity contribution >= 4 is 0 Å². The maximum absolute atomic E-state index is 6.02. The van der Waals surface area contributed by atoms with E-state index in [1.807, 2.05) is 7.11 Å². The van der Waals surface area contributed by atoms with Gasteiger partial charge in [0.25, 0.3) is 0 Å². The van der Waals surface area contributed by atoms with Gasteiger partial charge in [-0.3, -0.25) is 0 Å². The highest BCUT2D eigenvalue weighted by Gasteiger charge is 2.41. The Morgan fingerprint density at radius 3 is 2.52 bits per heavy atom. The van der Waals surface area contributed by atoms with Gasteiger partial charge in [0, 0.05) is 33.2 Å². The van der Waals surface area contributed by atoms with E-state index in [1.165, 1.54) is 16.7 Å². The molecular weight excluding hydrogens is 262 g/mol. The van der Waals surface area contributed by atoms with E-state index in [2.05, 4.69) is 44.3 Å². The Hall–Kier alpha value is -0.900. The Morgan fingerprint density at radius 2 is 1.95 bits per heavy atom. The monoisotopic (exact) mass is 291 g/mol. The Balaban J connectivity index is 2.33. The fourth-order valence-electron chi connectivity index (χ4n) is 3.17. The molecule has 1 unspecified atom stereocenters. The molecule has 21 heavy (non-hydrogen) atoms. The van der Waals surface area contributed by atoms with Crippen LogP contribution in [-0.2, 0) is 9.47 Å². The molecule has 0 radical (unpaired) electrons. The molecule has 1 saturated heterocycles. The summed E-state index contributed by atoms with van der Waals surface area (Å²) in [7, 11) is 1.84. The van der Waals surface area contributed by atoms with Gasteiger partial charge in [-0.1, -0.05) is 25.1 Å². The molecule has 1 N–H and O–H groups in total. The maximum Gasteiger partial charge on any atom is 0.0916 e. The van der Waals surface area contributed by atoms with Gasteiger partial charge >= 0.3 is 0 Å². The van der Waals surface area contributed by atoms with Gasteiger partial charge in [0.15, 0.2) is 0 Å². The molecule has 1 aliphatic rings. The Kier molecular flexibility index (Phi) is 5.80. The van der Waals surface area contributed by atoms with Gasteiger partial charge in [-0.05, 0) is 43.5 Å². The minimum atomic E-state index is -0.158. The smallest absolute Gasteiger partial charge is 0.0916 e. The van der Waals surface area contributed by atoms with E-state index in [9.17, 15) is 0 Å². The van der Waals surface area contributed by atoms with Crippen LogP contribution in [0.25, 0.3) is 0 Å². The van der Waals surface area contributed by atoms with Crippen LogP contribution in [0, 0.1) is 13.8 Å². The van der Waals surface area contributed by atoms with Crippen molar-refractivity contribution in [2.24, 2.45) is 0 Å². The van der Waals surface area contributed by atoms with Crippen molar-refractivity contribution in [2.75, 3.05) is 26.9 Å². The number of hydrogen-bond acceptors (Lipinski definition) is 3. The molecule has 3 nitrogen and oxygen atoms in total. The van der Waals surface area contributed by atoms with Crippen LogP contribution < -0.4 is 5.32 Å². The molecular formula is C18H29NO2. The Morgan fingerprint density at radius 1 is 1.24 bits per heavy atom. The highest BCUT2D eigenvalue weighted by molar-refractivity contribution is 5.33. The average Bonchev–Trinajstić information content (AvgIpc) is 2.52. The van der Waals surface area contributed by atoms with E-state index in [4.69, 9.17) is 9.47 Å². The second-order valence-corrected chi connectivity index (χ2v) is 6.11. The molecule has 118 valence electrons. The van der Waals surface area contributed by atoms with Gasteiger partial charge in [0.2, 0.25) is 0 Å². The molecule has 1 heterocycles. The minimum Gasteiger partial charge on any atom is -0.381 e. The molecule has 0 spiro atoms. The number of nitrogens with one attached hydrogen (secondary N) is 1. The van der Waals surface area contributed by atoms with Crippen LogP contribution in [0.2, 0.25) is 0 Å². The third-order valence-corrected chi connectivity index (χ3v) is 4.73. The van der Waals surface area contributed by atoms with Gasteiger partial charge in [0.1, 0.15) is 0 Å². The zero-order chi connectivity index (χ0) is 15.3. The third kappa shape index (κ3) is 3.65. The largest absolute Gasteiger partial charge is 0.381 e. The van der Waals surface area contributed by atoms with Gasteiger partial charge in [-0.15, -0.1) is 0 Å². The first-order chi connectivity index (χ1) is 10.1. The zero-order valence-electron chi connectivity index (χ0n) is 13.9. The molecule has 1 fully saturated rings. The van der Waals surface area contributed by atoms with Crippen molar-refractivity contribution < 1.29 is 9.47 Å². The van der Waals surface area contributed by atoms with Gasteiger partial charge in [0.05, 0.1) is 11.6 Å². The summed E-state index contributed by atoms with van der Waals surface area (Å²) in [6, 6.07) is 6.99. The molecule has 2 rings (SSSR count). The highest BCUT2D eigenvalue weighted by atomic mass is 16.5. The second-order valence-electron chi connectivity index (χ2n) is 6.11. The van der Waals surface area contributed by atoms with Crippen LogP contribution in [0.4, 0.5) is 0 Å². The van der Waals surface area contributed by atoms with Crippen molar-refractivity contribution in [1.29, 1.82) is 0 Å². The summed E-state index contributed by atoms with van der Waals surface area (Å²) in [6.45, 7) is 9.11. The van der Waals surface area contributed by atoms with Gasteiger partial charge in [-0.2, -0.15) is 0 Å². The van der Waals surface area contributed by atoms with Gasteiger partial charge < -0.3 is 14.8 Å². The average molecular weight is 291 g/mol. The van der Waals surface area contributed by atoms with E-state index in [-0.39, 0.29) is 11.6 Å². The van der Waals surface area contributed by atoms with Crippen molar-refractivity contribution in [3.8, 4) is 0 Å². The summed E-state index contributed by atoms with van der Waals surface area (Å²) >= 11 is 0. The van der Waals surface area contributed by atoms with E-state index in [0.717, 1.165) is 39.0 Å². The molecule has 0 saturated carbocycles. The van der Waals surface area contributed by atoms with Crippen molar-refractivity contribution in [2.45, 2.75) is 51.7 Å². The van der Waals surface area contributed by atoms with Crippen LogP contribution >= 0.6 is 0 Å². The number of hydrogen-bond donors (Lipinski definition) is 1. The lowest BCUT2D eigenvalue weighted by atomic mass is 9.81. The van der Waals surface area contributed by atoms with Crippen molar-refractivity contribution in [3.05, 3.63) is 34.9 Å². The van der Waals surface area contributed by atoms with Crippen LogP contribution in [0.15, 0.2) is 18.2 Å². The fraction of sp³-hybridized carbons (Fsp3) is 0.667. The lowest BCUT2D eigenvalue weighted by Crippen LogP contribution is -2.49. The zero-order valence-corrected chi connectivity index (χ0v) is 13.9. The Bertz CT molecular complexity index is 453. The minimum absolute atomic E-state index is 0.158. The summed E-state index contributed by atoms with van der Waals surface area (Å²) in [5.41, 5.74) is 3.85. The standard InChI is InChI=1S/C18H29NO2/c1-5-10-19-17(16-7-6-14(2)15(3)13-16)18(20-4)8-11-21-12-9-18/h6-7,13,17,19H,5,8-12H2,1-4H3. The first-order valence-electron chi connectivity index (χ1n) is 8.06. The maximum atomic E-state index is 6.02. The molecule has 3 heteroatoms. The molecule has 1 atom stereocenters. The van der Waals surface area contributed by atoms with Crippen LogP contribution in [0.5, 0.6) is 0 Å². The molecule has 0 aliphatic carbocycles. The topological polar surface area (TPSA) is 30.5 Å². The highest BCUT2D eigenvalue weighted by Crippen LogP contribution is 2.37. The quantitative estimate of drug-likeness (QED) is 0.869. The predicted octanol–water partition coefficient (Wildman–Crippen LogP) is 3.54. The van der Waals surface area contributed by atoms with Crippen LogP contribution in [0.1, 0.15) is 48.9 Å². The molecule has 1 aliphatic heterocycles. The van der Waals surface area contributed by atoms with E-state index in [0.29, 0.717) is 0 Å². The number of ether oxygens (including phenoxy) is 2. The van der Waals surface area contributed by atoms with E-state index in [1.54, 1.807) is 0 Å². The van der Waals surface area contributed by atoms with Crippen LogP contribution in [-0.4, -0.2) is 32.5 Å². The number of rotatable bonds is 6. The SMILES string of the molecule is CCCNC(c1ccc(C)c(C)c1)C1(OC)CCOCC1. The second kappa shape index (κ2) is 7.39. The Labute approximate surface area is 129 Å². The summed E-state index contributed by atoms with van der Waals surface area (Å²) in [5.74, 6) is 0. The van der Waals surface area contributed by atoms with Crippen LogP contribution in [0.3, 0.4) is 0 Å². The first-order valence-corrected chi connectivity index (χ1v) is 8.06. The van der Waals surface area contributed by atoms with E-state index < -0.39 is 0 Å². The van der Waals surface area contributed by atoms with Gasteiger partial charge in [-0.25, -0.2) is 0 Å². The lowest BCUT2D eigenvalue weighted by Gasteiger charge is -2.43. The van der Waals surface area contributed by atoms with E-state index >= 15 is 0 Å². The number of aryl methyl sites for hydroxylation is 2. The molecule has 0 amide bonds. The summed E-state index contributed by atoms with van der Waals surface area (Å²) in [4.78, 5) is 0. The normalized spacial score (nSPS) is 19.4. The summed E-state index contributed by atoms with van der Waals surface area (Å²) in [6.07, 6.45) is 3.01.